The number of aliphatic hydroxyl groups is 1. The molecule has 0 saturated carbocycles. The zero-order chi connectivity index (χ0) is 30.3. The molecule has 1 aromatic heterocycles. The van der Waals surface area contributed by atoms with Crippen molar-refractivity contribution in [2.24, 2.45) is 11.1 Å². The lowest BCUT2D eigenvalue weighted by atomic mass is 9.86. The van der Waals surface area contributed by atoms with Crippen LogP contribution in [0.15, 0.2) is 54.0 Å². The van der Waals surface area contributed by atoms with Crippen molar-refractivity contribution >= 4 is 35.0 Å². The largest absolute Gasteiger partial charge is 0.391 e. The summed E-state index contributed by atoms with van der Waals surface area (Å²) in [5.74, 6) is -1.78. The number of β-amino-alcohol motifs (C(OH)–C–C–N with tert-alkyl or cyclic N) is 1. The van der Waals surface area contributed by atoms with Crippen LogP contribution in [0, 0.1) is 12.3 Å². The van der Waals surface area contributed by atoms with Crippen molar-refractivity contribution in [3.05, 3.63) is 76.4 Å². The summed E-state index contributed by atoms with van der Waals surface area (Å²) < 4.78 is 0. The van der Waals surface area contributed by atoms with E-state index in [1.165, 1.54) is 16.2 Å². The standard InChI is InChI=1S/C31H35N5O5S/c1-17-25(42-16-33-17)19-11-9-18(10-12-19)23(15-36-28(39)21-7-5-6-8-22(21)29(36)40)34-27(38)24-13-20(37)14-35(24)30(41)26(32)31(2,3)4/h5-12,16,20,23-24,26,37H,13-15,32H2,1-4H3,(H,34,38)/t20-,23-,24+,26-/m1/s1. The maximum Gasteiger partial charge on any atom is 0.261 e. The number of amides is 4. The molecule has 0 bridgehead atoms. The second-order valence-electron chi connectivity index (χ2n) is 12.0. The molecule has 2 aromatic carbocycles. The van der Waals surface area contributed by atoms with Gasteiger partial charge in [-0.05, 0) is 35.6 Å². The van der Waals surface area contributed by atoms with Crippen LogP contribution in [0.3, 0.4) is 0 Å². The zero-order valence-electron chi connectivity index (χ0n) is 24.0. The molecule has 1 saturated heterocycles. The number of aryl methyl sites for hydroxylation is 1. The van der Waals surface area contributed by atoms with Gasteiger partial charge >= 0.3 is 0 Å². The Morgan fingerprint density at radius 1 is 1.10 bits per heavy atom. The van der Waals surface area contributed by atoms with Gasteiger partial charge in [0, 0.05) is 13.0 Å². The molecule has 3 heterocycles. The lowest BCUT2D eigenvalue weighted by Gasteiger charge is -2.33. The molecule has 4 N–H and O–H groups in total. The quantitative estimate of drug-likeness (QED) is 0.359. The molecule has 10 nitrogen and oxygen atoms in total. The van der Waals surface area contributed by atoms with E-state index >= 15 is 0 Å². The summed E-state index contributed by atoms with van der Waals surface area (Å²) in [6, 6.07) is 11.5. The van der Waals surface area contributed by atoms with Crippen LogP contribution >= 0.6 is 11.3 Å². The third-order valence-corrected chi connectivity index (χ3v) is 8.92. The number of aliphatic hydroxyl groups excluding tert-OH is 1. The molecule has 5 rings (SSSR count). The summed E-state index contributed by atoms with van der Waals surface area (Å²) in [5.41, 5.74) is 10.6. The number of carbonyl (C=O) groups excluding carboxylic acids is 4. The second kappa shape index (κ2) is 11.4. The number of nitrogens with two attached hydrogens (primary N) is 1. The molecule has 4 amide bonds. The number of hydrogen-bond donors (Lipinski definition) is 3. The number of imide groups is 1. The highest BCUT2D eigenvalue weighted by Crippen LogP contribution is 2.31. The minimum absolute atomic E-state index is 0.00727. The van der Waals surface area contributed by atoms with Crippen LogP contribution in [-0.4, -0.2) is 74.8 Å². The van der Waals surface area contributed by atoms with Gasteiger partial charge in [-0.3, -0.25) is 24.1 Å². The average molecular weight is 590 g/mol. The monoisotopic (exact) mass is 589 g/mol. The number of thiazole rings is 1. The Labute approximate surface area is 248 Å². The minimum atomic E-state index is -0.954. The molecule has 42 heavy (non-hydrogen) atoms. The van der Waals surface area contributed by atoms with Crippen molar-refractivity contribution in [3.8, 4) is 10.4 Å². The van der Waals surface area contributed by atoms with Crippen LogP contribution in [0.4, 0.5) is 0 Å². The number of nitrogens with one attached hydrogen (secondary N) is 1. The van der Waals surface area contributed by atoms with E-state index in [1.54, 1.807) is 29.8 Å². The summed E-state index contributed by atoms with van der Waals surface area (Å²) >= 11 is 1.52. The smallest absolute Gasteiger partial charge is 0.261 e. The molecule has 0 spiro atoms. The molecule has 0 unspecified atom stereocenters. The summed E-state index contributed by atoms with van der Waals surface area (Å²) in [4.78, 5) is 61.3. The molecule has 3 aromatic rings. The third kappa shape index (κ3) is 5.59. The third-order valence-electron chi connectivity index (χ3n) is 7.94. The minimum Gasteiger partial charge on any atom is -0.391 e. The van der Waals surface area contributed by atoms with E-state index in [0.29, 0.717) is 16.7 Å². The summed E-state index contributed by atoms with van der Waals surface area (Å²) in [5, 5.41) is 13.4. The Morgan fingerprint density at radius 2 is 1.71 bits per heavy atom. The molecule has 220 valence electrons. The number of hydrogen-bond acceptors (Lipinski definition) is 8. The van der Waals surface area contributed by atoms with Crippen molar-refractivity contribution < 1.29 is 24.3 Å². The van der Waals surface area contributed by atoms with Crippen molar-refractivity contribution in [2.75, 3.05) is 13.1 Å². The molecule has 4 atom stereocenters. The number of likely N-dealkylation sites (tertiary alicyclic amines) is 1. The molecule has 0 aliphatic carbocycles. The van der Waals surface area contributed by atoms with Crippen molar-refractivity contribution in [1.82, 2.24) is 20.1 Å². The van der Waals surface area contributed by atoms with Crippen molar-refractivity contribution in [1.29, 1.82) is 0 Å². The summed E-state index contributed by atoms with van der Waals surface area (Å²) in [6.07, 6.45) is -0.828. The van der Waals surface area contributed by atoms with Gasteiger partial charge < -0.3 is 21.1 Å². The number of nitrogens with zero attached hydrogens (tertiary/aromatic N) is 3. The van der Waals surface area contributed by atoms with E-state index in [9.17, 15) is 24.3 Å². The molecule has 1 fully saturated rings. The highest BCUT2D eigenvalue weighted by molar-refractivity contribution is 7.13. The fourth-order valence-electron chi connectivity index (χ4n) is 5.39. The maximum absolute atomic E-state index is 13.8. The number of fused-ring (bicyclic) bond motifs is 1. The van der Waals surface area contributed by atoms with E-state index in [0.717, 1.165) is 21.0 Å². The Morgan fingerprint density at radius 3 is 2.26 bits per heavy atom. The Bertz CT molecular complexity index is 1490. The van der Waals surface area contributed by atoms with Gasteiger partial charge in [0.05, 0.1) is 51.9 Å². The molecule has 2 aliphatic heterocycles. The van der Waals surface area contributed by atoms with Crippen LogP contribution in [-0.2, 0) is 9.59 Å². The first-order valence-corrected chi connectivity index (χ1v) is 14.7. The van der Waals surface area contributed by atoms with E-state index in [4.69, 9.17) is 5.73 Å². The van der Waals surface area contributed by atoms with Gasteiger partial charge in [-0.2, -0.15) is 0 Å². The summed E-state index contributed by atoms with van der Waals surface area (Å²) in [6.45, 7) is 7.33. The van der Waals surface area contributed by atoms with E-state index in [2.05, 4.69) is 10.3 Å². The normalized spacial score (nSPS) is 20.0. The number of benzene rings is 2. The Balaban J connectivity index is 1.43. The molecule has 2 aliphatic rings. The number of rotatable bonds is 7. The topological polar surface area (TPSA) is 146 Å². The number of aromatic nitrogens is 1. The van der Waals surface area contributed by atoms with Crippen LogP contribution in [0.5, 0.6) is 0 Å². The zero-order valence-corrected chi connectivity index (χ0v) is 24.9. The van der Waals surface area contributed by atoms with Gasteiger partial charge in [-0.1, -0.05) is 57.2 Å². The first-order valence-electron chi connectivity index (χ1n) is 13.9. The van der Waals surface area contributed by atoms with E-state index < -0.39 is 53.3 Å². The van der Waals surface area contributed by atoms with Gasteiger partial charge in [-0.25, -0.2) is 4.98 Å². The lowest BCUT2D eigenvalue weighted by molar-refractivity contribution is -0.141. The van der Waals surface area contributed by atoms with Gasteiger partial charge in [0.15, 0.2) is 0 Å². The average Bonchev–Trinajstić information content (AvgIpc) is 3.64. The van der Waals surface area contributed by atoms with Crippen molar-refractivity contribution in [2.45, 2.75) is 58.3 Å². The molecular weight excluding hydrogens is 554 g/mol. The fourth-order valence-corrected chi connectivity index (χ4v) is 6.20. The Kier molecular flexibility index (Phi) is 8.02. The van der Waals surface area contributed by atoms with Crippen molar-refractivity contribution in [3.63, 3.8) is 0 Å². The highest BCUT2D eigenvalue weighted by atomic mass is 32.1. The SMILES string of the molecule is Cc1ncsc1-c1ccc([C@@H](CN2C(=O)c3ccccc3C2=O)NC(=O)[C@@H]2C[C@@H](O)CN2C(=O)[C@@H](N)C(C)(C)C)cc1. The van der Waals surface area contributed by atoms with Crippen LogP contribution in [0.25, 0.3) is 10.4 Å². The van der Waals surface area contributed by atoms with Gasteiger partial charge in [-0.15, -0.1) is 11.3 Å². The molecule has 11 heteroatoms. The van der Waals surface area contributed by atoms with Crippen LogP contribution < -0.4 is 11.1 Å². The predicted octanol–water partition coefficient (Wildman–Crippen LogP) is 2.91. The number of carbonyl (C=O) groups is 4. The van der Waals surface area contributed by atoms with E-state index in [-0.39, 0.29) is 19.5 Å². The molecule has 0 radical (unpaired) electrons. The van der Waals surface area contributed by atoms with Gasteiger partial charge in [0.25, 0.3) is 11.8 Å². The second-order valence-corrected chi connectivity index (χ2v) is 12.8. The van der Waals surface area contributed by atoms with Gasteiger partial charge in [0.2, 0.25) is 11.8 Å². The summed E-state index contributed by atoms with van der Waals surface area (Å²) in [7, 11) is 0. The first-order chi connectivity index (χ1) is 19.9. The van der Waals surface area contributed by atoms with E-state index in [1.807, 2.05) is 52.0 Å². The lowest BCUT2D eigenvalue weighted by Crippen LogP contribution is -2.55. The maximum atomic E-state index is 13.8. The fraction of sp³-hybridized carbons (Fsp3) is 0.387. The van der Waals surface area contributed by atoms with Crippen LogP contribution in [0.1, 0.15) is 65.2 Å². The molecular formula is C31H35N5O5S. The highest BCUT2D eigenvalue weighted by Gasteiger charge is 2.44. The van der Waals surface area contributed by atoms with Crippen LogP contribution in [0.2, 0.25) is 0 Å². The predicted molar refractivity (Wildman–Crippen MR) is 159 cm³/mol. The van der Waals surface area contributed by atoms with Gasteiger partial charge in [0.1, 0.15) is 6.04 Å². The Hall–Kier alpha value is -3.93. The first kappa shape index (κ1) is 29.6.